The fraction of sp³-hybridized carbons (Fsp3) is 0.133. The molecule has 21 heteroatoms. The van der Waals surface area contributed by atoms with Crippen molar-refractivity contribution in [2.45, 2.75) is 60.1 Å². The number of hydroxylamine groups is 4. The molecular weight excluding hydrogens is 1000 g/mol. The van der Waals surface area contributed by atoms with Gasteiger partial charge in [0.1, 0.15) is 4.64 Å². The summed E-state index contributed by atoms with van der Waals surface area (Å²) in [6.45, 7) is 8.05. The summed E-state index contributed by atoms with van der Waals surface area (Å²) in [5.74, 6) is -12.3. The van der Waals surface area contributed by atoms with Crippen molar-refractivity contribution in [3.63, 3.8) is 0 Å². The van der Waals surface area contributed by atoms with E-state index >= 15 is 0 Å². The van der Waals surface area contributed by atoms with Crippen LogP contribution in [-0.2, 0) is 9.59 Å². The summed E-state index contributed by atoms with van der Waals surface area (Å²) in [5.41, 5.74) is 5.25. The van der Waals surface area contributed by atoms with Crippen LogP contribution >= 0.6 is 85.9 Å². The molecule has 0 saturated carbocycles. The molecule has 2 aliphatic heterocycles. The largest absolute Gasteiger partial charge is 0.353 e. The minimum atomic E-state index is -2.18. The molecule has 66 heavy (non-hydrogen) atoms. The lowest BCUT2D eigenvalue weighted by Gasteiger charge is -2.01. The molecule has 350 valence electrons. The third-order valence-corrected chi connectivity index (χ3v) is 10.7. The molecule has 2 aliphatic rings. The van der Waals surface area contributed by atoms with E-state index in [0.717, 1.165) is 24.9 Å². The molecule has 9 nitrogen and oxygen atoms in total. The molecule has 0 atom stereocenters. The summed E-state index contributed by atoms with van der Waals surface area (Å²) in [7, 11) is 0. The summed E-state index contributed by atoms with van der Waals surface area (Å²) in [5, 5.41) is 19.0. The van der Waals surface area contributed by atoms with Crippen molar-refractivity contribution >= 4 is 110 Å². The number of imide groups is 2. The number of fused-ring (bicyclic) bond motifs is 1. The van der Waals surface area contributed by atoms with Crippen molar-refractivity contribution in [1.29, 1.82) is 0 Å². The Morgan fingerprint density at radius 1 is 0.561 bits per heavy atom. The Hall–Kier alpha value is -4.70. The molecule has 5 aromatic carbocycles. The third kappa shape index (κ3) is 18.2. The van der Waals surface area contributed by atoms with Gasteiger partial charge in [-0.05, 0) is 93.4 Å². The molecule has 1 saturated heterocycles. The molecule has 8 rings (SSSR count). The molecule has 0 unspecified atom stereocenters. The van der Waals surface area contributed by atoms with Gasteiger partial charge in [-0.25, -0.2) is 22.0 Å². The quantitative estimate of drug-likeness (QED) is 0.0153. The van der Waals surface area contributed by atoms with Crippen LogP contribution in [0.3, 0.4) is 0 Å². The second kappa shape index (κ2) is 27.8. The van der Waals surface area contributed by atoms with Crippen LogP contribution in [0.25, 0.3) is 0 Å². The number of aryl methyl sites for hydroxylation is 4. The van der Waals surface area contributed by atoms with Gasteiger partial charge in [-0.3, -0.25) is 29.6 Å². The summed E-state index contributed by atoms with van der Waals surface area (Å²) in [6, 6.07) is 29.8. The van der Waals surface area contributed by atoms with Gasteiger partial charge < -0.3 is 4.98 Å². The number of pyridine rings is 1. The van der Waals surface area contributed by atoms with E-state index < -0.39 is 57.6 Å². The molecule has 4 amide bonds. The maximum atomic E-state index is 12.3. The van der Waals surface area contributed by atoms with E-state index in [0.29, 0.717) is 10.0 Å². The highest BCUT2D eigenvalue weighted by Crippen LogP contribution is 2.27. The summed E-state index contributed by atoms with van der Waals surface area (Å²) in [6.07, 6.45) is 2.19. The number of aromatic nitrogens is 1. The second-order valence-corrected chi connectivity index (χ2v) is 16.7. The molecule has 0 spiro atoms. The lowest BCUT2D eigenvalue weighted by molar-refractivity contribution is -0.171. The topological polar surface area (TPSA) is 131 Å². The fourth-order valence-electron chi connectivity index (χ4n) is 4.55. The molecule has 0 aliphatic carbocycles. The predicted molar refractivity (Wildman–Crippen MR) is 257 cm³/mol. The first-order chi connectivity index (χ1) is 30.9. The number of amides is 4. The van der Waals surface area contributed by atoms with E-state index in [4.69, 9.17) is 45.8 Å². The van der Waals surface area contributed by atoms with Crippen molar-refractivity contribution in [2.24, 2.45) is 0 Å². The average Bonchev–Trinajstić information content (AvgIpc) is 3.71. The van der Waals surface area contributed by atoms with Crippen molar-refractivity contribution in [3.05, 3.63) is 180 Å². The molecule has 3 N–H and O–H groups in total. The van der Waals surface area contributed by atoms with Crippen LogP contribution in [0, 0.1) is 61.4 Å². The minimum Gasteiger partial charge on any atom is -0.353 e. The highest BCUT2D eigenvalue weighted by molar-refractivity contribution is 7.80. The number of thiol groups is 4. The molecule has 0 radical (unpaired) electrons. The first-order valence-corrected chi connectivity index (χ1v) is 21.6. The Morgan fingerprint density at radius 3 is 1.27 bits per heavy atom. The lowest BCUT2D eigenvalue weighted by Crippen LogP contribution is -2.25. The van der Waals surface area contributed by atoms with Gasteiger partial charge in [-0.2, -0.15) is 5.06 Å². The van der Waals surface area contributed by atoms with Gasteiger partial charge in [-0.1, -0.05) is 89.0 Å². The van der Waals surface area contributed by atoms with Gasteiger partial charge in [0.05, 0.1) is 21.0 Å². The number of carbonyl (C=O) groups excluding carboxylic acids is 4. The van der Waals surface area contributed by atoms with E-state index in [-0.39, 0.29) is 34.1 Å². The zero-order valence-electron chi connectivity index (χ0n) is 35.0. The van der Waals surface area contributed by atoms with Crippen molar-refractivity contribution in [2.75, 3.05) is 0 Å². The van der Waals surface area contributed by atoms with Crippen LogP contribution in [0.1, 0.15) is 55.8 Å². The number of aromatic amines is 1. The van der Waals surface area contributed by atoms with Gasteiger partial charge >= 0.3 is 0 Å². The second-order valence-electron chi connectivity index (χ2n) is 13.4. The molecule has 6 aromatic rings. The molecular formula is C45H40Cl2F5N3O6S5. The maximum Gasteiger partial charge on any atom is 0.285 e. The summed E-state index contributed by atoms with van der Waals surface area (Å²) >= 11 is 31.8. The first-order valence-electron chi connectivity index (χ1n) is 18.6. The third-order valence-electron chi connectivity index (χ3n) is 8.22. The SMILES string of the molecule is Cc1cc(Cl)c(S)cc1Cl.Cc1ccc(=S)[nH]c1.Cc1ccc(S)cc1.Cc1ccc(S)cc1.Fc1c(F)c(F)c(S)c(F)c1F.O=C1CCC(=O)N1O.O=C1c2ccccc2C(=O)N1O. The zero-order valence-corrected chi connectivity index (χ0v) is 40.9. The van der Waals surface area contributed by atoms with E-state index in [9.17, 15) is 41.1 Å². The van der Waals surface area contributed by atoms with E-state index in [1.807, 2.05) is 80.7 Å². The monoisotopic (exact) mass is 1040 g/mol. The minimum absolute atomic E-state index is 0.130. The molecule has 1 fully saturated rings. The number of nitrogens with zero attached hydrogens (tertiary/aromatic N) is 2. The van der Waals surface area contributed by atoms with Crippen LogP contribution in [0.4, 0.5) is 22.0 Å². The molecule has 1 aromatic heterocycles. The van der Waals surface area contributed by atoms with Crippen LogP contribution < -0.4 is 0 Å². The lowest BCUT2D eigenvalue weighted by atomic mass is 10.1. The fourth-order valence-corrected chi connectivity index (χ4v) is 5.82. The Labute approximate surface area is 414 Å². The number of H-pyrrole nitrogens is 1. The van der Waals surface area contributed by atoms with Crippen molar-refractivity contribution in [3.8, 4) is 0 Å². The van der Waals surface area contributed by atoms with Crippen LogP contribution in [-0.4, -0.2) is 49.2 Å². The molecule has 0 bridgehead atoms. The Morgan fingerprint density at radius 2 is 0.955 bits per heavy atom. The number of nitrogens with one attached hydrogen (secondary N) is 1. The number of hydrogen-bond acceptors (Lipinski definition) is 11. The number of benzene rings is 5. The van der Waals surface area contributed by atoms with E-state index in [1.165, 1.54) is 28.8 Å². The zero-order chi connectivity index (χ0) is 50.0. The number of carbonyl (C=O) groups is 4. The predicted octanol–water partition coefficient (Wildman–Crippen LogP) is 13.1. The Balaban J connectivity index is 0.000000266. The normalized spacial score (nSPS) is 12.0. The number of hydrogen-bond donors (Lipinski definition) is 7. The number of rotatable bonds is 0. The van der Waals surface area contributed by atoms with Crippen LogP contribution in [0.5, 0.6) is 0 Å². The van der Waals surface area contributed by atoms with Gasteiger partial charge in [0, 0.05) is 38.7 Å². The maximum absolute atomic E-state index is 12.3. The number of halogens is 7. The van der Waals surface area contributed by atoms with Gasteiger partial charge in [0.2, 0.25) is 5.82 Å². The highest BCUT2D eigenvalue weighted by atomic mass is 35.5. The van der Waals surface area contributed by atoms with Crippen LogP contribution in [0.15, 0.2) is 123 Å². The summed E-state index contributed by atoms with van der Waals surface area (Å²) < 4.78 is 62.1. The standard InChI is InChI=1S/C8H5NO3.C7H6Cl2S.2C7H8S.C6HF5S.C6H7NS.C4H5NO3/c10-7-5-3-1-2-4-6(5)8(11)9(7)12;1-4-2-6(9)7(10)3-5(4)8;2*1-6-2-4-7(8)5-3-6;7-1-2(8)4(10)6(12)5(11)3(1)9;1-5-2-3-6(8)7-4-5;6-3-1-2-4(7)5(3)8/h1-4,12H;2-3,10H,1H3;2*2-5,8H,1H3;12H;2-4H,1H3,(H,7,8);8H,1-2H2. The van der Waals surface area contributed by atoms with Gasteiger partial charge in [0.25, 0.3) is 23.6 Å². The van der Waals surface area contributed by atoms with E-state index in [1.54, 1.807) is 24.3 Å². The Bertz CT molecular complexity index is 2410. The average molecular weight is 1050 g/mol. The van der Waals surface area contributed by atoms with Crippen LogP contribution in [0.2, 0.25) is 10.0 Å². The summed E-state index contributed by atoms with van der Waals surface area (Å²) in [4.78, 5) is 47.1. The van der Waals surface area contributed by atoms with Crippen molar-refractivity contribution in [1.82, 2.24) is 15.1 Å². The first kappa shape index (κ1) is 57.4. The van der Waals surface area contributed by atoms with Gasteiger partial charge in [0.15, 0.2) is 23.3 Å². The molecule has 3 heterocycles. The highest BCUT2D eigenvalue weighted by Gasteiger charge is 2.34. The smallest absolute Gasteiger partial charge is 0.285 e. The Kier molecular flexibility index (Phi) is 24.2. The van der Waals surface area contributed by atoms with E-state index in [2.05, 4.69) is 69.3 Å². The van der Waals surface area contributed by atoms with Crippen molar-refractivity contribution < 1.29 is 51.5 Å². The van der Waals surface area contributed by atoms with Gasteiger partial charge in [-0.15, -0.1) is 55.6 Å².